The Kier molecular flexibility index (Phi) is 6.90. The van der Waals surface area contributed by atoms with E-state index >= 15 is 0 Å². The molecule has 0 spiro atoms. The zero-order valence-corrected chi connectivity index (χ0v) is 17.5. The lowest BCUT2D eigenvalue weighted by atomic mass is 10.1. The topological polar surface area (TPSA) is 84.9 Å². The summed E-state index contributed by atoms with van der Waals surface area (Å²) in [6, 6.07) is 11.2. The molecule has 0 saturated heterocycles. The van der Waals surface area contributed by atoms with Crippen molar-refractivity contribution < 1.29 is 22.7 Å². The molecule has 0 aliphatic carbocycles. The van der Waals surface area contributed by atoms with Crippen molar-refractivity contribution in [2.75, 3.05) is 30.1 Å². The number of aryl methyl sites for hydroxylation is 1. The standard InChI is InChI=1S/C20H26N2O5S/c1-6-15-9-7-8-10-17(15)21-20(23)14(2)22(28(5,24)25)16-11-12-18(26-3)19(13-16)27-4/h7-14H,6H2,1-5H3,(H,21,23)/t14-/m1/s1. The van der Waals surface area contributed by atoms with Crippen molar-refractivity contribution in [2.24, 2.45) is 0 Å². The van der Waals surface area contributed by atoms with Gasteiger partial charge in [0.25, 0.3) is 0 Å². The summed E-state index contributed by atoms with van der Waals surface area (Å²) in [4.78, 5) is 12.8. The van der Waals surface area contributed by atoms with E-state index in [0.717, 1.165) is 22.5 Å². The number of ether oxygens (including phenoxy) is 2. The molecule has 28 heavy (non-hydrogen) atoms. The van der Waals surface area contributed by atoms with E-state index in [1.807, 2.05) is 25.1 Å². The van der Waals surface area contributed by atoms with Crippen LogP contribution < -0.4 is 19.1 Å². The maximum atomic E-state index is 12.8. The van der Waals surface area contributed by atoms with Gasteiger partial charge in [-0.3, -0.25) is 9.10 Å². The molecule has 1 atom stereocenters. The molecule has 7 nitrogen and oxygen atoms in total. The van der Waals surface area contributed by atoms with E-state index < -0.39 is 22.0 Å². The highest BCUT2D eigenvalue weighted by molar-refractivity contribution is 7.92. The van der Waals surface area contributed by atoms with E-state index in [1.165, 1.54) is 20.3 Å². The molecule has 8 heteroatoms. The van der Waals surface area contributed by atoms with Crippen molar-refractivity contribution in [1.29, 1.82) is 0 Å². The predicted octanol–water partition coefficient (Wildman–Crippen LogP) is 3.06. The second-order valence-corrected chi connectivity index (χ2v) is 8.13. The molecule has 0 aliphatic heterocycles. The van der Waals surface area contributed by atoms with Gasteiger partial charge in [-0.25, -0.2) is 8.42 Å². The van der Waals surface area contributed by atoms with Crippen LogP contribution in [-0.4, -0.2) is 40.8 Å². The number of anilines is 2. The summed E-state index contributed by atoms with van der Waals surface area (Å²) in [5, 5.41) is 2.83. The van der Waals surface area contributed by atoms with Crippen molar-refractivity contribution in [3.8, 4) is 11.5 Å². The number of nitrogens with one attached hydrogen (secondary N) is 1. The number of carbonyl (C=O) groups is 1. The van der Waals surface area contributed by atoms with Crippen LogP contribution in [0.4, 0.5) is 11.4 Å². The Hall–Kier alpha value is -2.74. The summed E-state index contributed by atoms with van der Waals surface area (Å²) in [5.41, 5.74) is 1.95. The Morgan fingerprint density at radius 3 is 2.32 bits per heavy atom. The van der Waals surface area contributed by atoms with Gasteiger partial charge in [0.2, 0.25) is 15.9 Å². The highest BCUT2D eigenvalue weighted by atomic mass is 32.2. The highest BCUT2D eigenvalue weighted by Gasteiger charge is 2.30. The van der Waals surface area contributed by atoms with Gasteiger partial charge in [0.15, 0.2) is 11.5 Å². The van der Waals surface area contributed by atoms with Crippen LogP contribution in [0.25, 0.3) is 0 Å². The number of hydrogen-bond acceptors (Lipinski definition) is 5. The van der Waals surface area contributed by atoms with E-state index in [4.69, 9.17) is 9.47 Å². The van der Waals surface area contributed by atoms with Crippen molar-refractivity contribution in [3.63, 3.8) is 0 Å². The van der Waals surface area contributed by atoms with Gasteiger partial charge in [0, 0.05) is 11.8 Å². The predicted molar refractivity (Wildman–Crippen MR) is 111 cm³/mol. The Morgan fingerprint density at radius 1 is 1.11 bits per heavy atom. The summed E-state index contributed by atoms with van der Waals surface area (Å²) in [6.07, 6.45) is 1.81. The smallest absolute Gasteiger partial charge is 0.248 e. The van der Waals surface area contributed by atoms with Crippen LogP contribution in [-0.2, 0) is 21.2 Å². The third-order valence-electron chi connectivity index (χ3n) is 4.37. The molecule has 0 radical (unpaired) electrons. The monoisotopic (exact) mass is 406 g/mol. The molecule has 0 fully saturated rings. The third-order valence-corrected chi connectivity index (χ3v) is 5.61. The molecular weight excluding hydrogens is 380 g/mol. The van der Waals surface area contributed by atoms with Gasteiger partial charge in [-0.2, -0.15) is 0 Å². The van der Waals surface area contributed by atoms with Crippen molar-refractivity contribution in [3.05, 3.63) is 48.0 Å². The normalized spacial score (nSPS) is 12.2. The number of amides is 1. The molecule has 2 aromatic carbocycles. The minimum absolute atomic E-state index is 0.312. The fourth-order valence-corrected chi connectivity index (χ4v) is 4.13. The lowest BCUT2D eigenvalue weighted by Gasteiger charge is -2.29. The van der Waals surface area contributed by atoms with Crippen LogP contribution in [0.5, 0.6) is 11.5 Å². The molecule has 1 N–H and O–H groups in total. The molecule has 0 aliphatic rings. The number of para-hydroxylation sites is 1. The fraction of sp³-hybridized carbons (Fsp3) is 0.350. The van der Waals surface area contributed by atoms with E-state index in [1.54, 1.807) is 25.1 Å². The van der Waals surface area contributed by atoms with Crippen molar-refractivity contribution >= 4 is 27.3 Å². The number of methoxy groups -OCH3 is 2. The lowest BCUT2D eigenvalue weighted by molar-refractivity contribution is -0.116. The SMILES string of the molecule is CCc1ccccc1NC(=O)[C@@H](C)N(c1ccc(OC)c(OC)c1)S(C)(=O)=O. The van der Waals surface area contributed by atoms with E-state index in [0.29, 0.717) is 22.9 Å². The highest BCUT2D eigenvalue weighted by Crippen LogP contribution is 2.33. The number of hydrogen-bond donors (Lipinski definition) is 1. The number of nitrogens with zero attached hydrogens (tertiary/aromatic N) is 1. The Balaban J connectivity index is 2.39. The van der Waals surface area contributed by atoms with Crippen LogP contribution in [0.2, 0.25) is 0 Å². The first-order valence-electron chi connectivity index (χ1n) is 8.83. The summed E-state index contributed by atoms with van der Waals surface area (Å²) < 4.78 is 36.5. The number of benzene rings is 2. The molecule has 2 aromatic rings. The maximum Gasteiger partial charge on any atom is 0.248 e. The largest absolute Gasteiger partial charge is 0.493 e. The summed E-state index contributed by atoms with van der Waals surface area (Å²) in [5.74, 6) is 0.410. The van der Waals surface area contributed by atoms with Crippen molar-refractivity contribution in [2.45, 2.75) is 26.3 Å². The Bertz CT molecular complexity index is 943. The van der Waals surface area contributed by atoms with E-state index in [2.05, 4.69) is 5.32 Å². The summed E-state index contributed by atoms with van der Waals surface area (Å²) in [6.45, 7) is 3.53. The molecule has 0 heterocycles. The number of rotatable bonds is 8. The fourth-order valence-electron chi connectivity index (χ4n) is 2.96. The van der Waals surface area contributed by atoms with Gasteiger partial charge in [0.05, 0.1) is 26.2 Å². The van der Waals surface area contributed by atoms with Gasteiger partial charge in [-0.1, -0.05) is 25.1 Å². The van der Waals surface area contributed by atoms with Crippen LogP contribution in [0, 0.1) is 0 Å². The average Bonchev–Trinajstić information content (AvgIpc) is 2.67. The minimum atomic E-state index is -3.74. The maximum absolute atomic E-state index is 12.8. The first-order valence-corrected chi connectivity index (χ1v) is 10.7. The Morgan fingerprint density at radius 2 is 1.75 bits per heavy atom. The van der Waals surface area contributed by atoms with Crippen LogP contribution >= 0.6 is 0 Å². The Labute approximate surface area is 166 Å². The number of sulfonamides is 1. The van der Waals surface area contributed by atoms with E-state index in [-0.39, 0.29) is 0 Å². The quantitative estimate of drug-likeness (QED) is 0.728. The summed E-state index contributed by atoms with van der Waals surface area (Å²) in [7, 11) is -0.783. The van der Waals surface area contributed by atoms with Crippen LogP contribution in [0.3, 0.4) is 0 Å². The second kappa shape index (κ2) is 8.97. The molecular formula is C20H26N2O5S. The first kappa shape index (κ1) is 21.6. The van der Waals surface area contributed by atoms with E-state index in [9.17, 15) is 13.2 Å². The molecule has 0 aromatic heterocycles. The molecule has 2 rings (SSSR count). The average molecular weight is 407 g/mol. The van der Waals surface area contributed by atoms with Gasteiger partial charge in [0.1, 0.15) is 6.04 Å². The second-order valence-electron chi connectivity index (χ2n) is 6.27. The first-order chi connectivity index (χ1) is 13.2. The molecule has 152 valence electrons. The van der Waals surface area contributed by atoms with Gasteiger partial charge in [-0.15, -0.1) is 0 Å². The number of carbonyl (C=O) groups excluding carboxylic acids is 1. The zero-order valence-electron chi connectivity index (χ0n) is 16.7. The third kappa shape index (κ3) is 4.75. The van der Waals surface area contributed by atoms with Crippen molar-refractivity contribution in [1.82, 2.24) is 0 Å². The lowest BCUT2D eigenvalue weighted by Crippen LogP contribution is -2.45. The molecule has 0 saturated carbocycles. The zero-order chi connectivity index (χ0) is 20.9. The summed E-state index contributed by atoms with van der Waals surface area (Å²) >= 11 is 0. The molecule has 1 amide bonds. The van der Waals surface area contributed by atoms with Crippen LogP contribution in [0.1, 0.15) is 19.4 Å². The van der Waals surface area contributed by atoms with Gasteiger partial charge >= 0.3 is 0 Å². The molecule has 0 bridgehead atoms. The molecule has 0 unspecified atom stereocenters. The minimum Gasteiger partial charge on any atom is -0.493 e. The van der Waals surface area contributed by atoms with Gasteiger partial charge < -0.3 is 14.8 Å². The van der Waals surface area contributed by atoms with Gasteiger partial charge in [-0.05, 0) is 37.1 Å². The van der Waals surface area contributed by atoms with Crippen LogP contribution in [0.15, 0.2) is 42.5 Å².